The van der Waals surface area contributed by atoms with Gasteiger partial charge in [0.1, 0.15) is 5.75 Å². The predicted octanol–water partition coefficient (Wildman–Crippen LogP) is 4.18. The van der Waals surface area contributed by atoms with Crippen molar-refractivity contribution in [3.8, 4) is 11.4 Å². The Morgan fingerprint density at radius 3 is 2.57 bits per heavy atom. The Morgan fingerprint density at radius 2 is 1.87 bits per heavy atom. The third-order valence-electron chi connectivity index (χ3n) is 3.38. The largest absolute Gasteiger partial charge is 0.497 e. The standard InChI is InChI=1S/C16H15ClN4OS/c1-11(14-5-3-4-6-15(14)17)23-16-18-19-20-21(16)12-7-9-13(22-2)10-8-12/h3-11H,1-2H3. The number of benzene rings is 2. The third-order valence-corrected chi connectivity index (χ3v) is 4.80. The summed E-state index contributed by atoms with van der Waals surface area (Å²) < 4.78 is 6.88. The molecule has 0 aliphatic rings. The average Bonchev–Trinajstić information content (AvgIpc) is 3.03. The zero-order valence-corrected chi connectivity index (χ0v) is 14.3. The van der Waals surface area contributed by atoms with Crippen molar-refractivity contribution in [2.75, 3.05) is 7.11 Å². The minimum atomic E-state index is 0.131. The maximum absolute atomic E-state index is 6.26. The van der Waals surface area contributed by atoms with Crippen molar-refractivity contribution in [1.82, 2.24) is 20.2 Å². The summed E-state index contributed by atoms with van der Waals surface area (Å²) in [5.74, 6) is 0.792. The number of nitrogens with zero attached hydrogens (tertiary/aromatic N) is 4. The molecule has 0 aliphatic heterocycles. The maximum Gasteiger partial charge on any atom is 0.214 e. The van der Waals surface area contributed by atoms with Crippen LogP contribution in [0, 0.1) is 0 Å². The first-order valence-corrected chi connectivity index (χ1v) is 8.28. The summed E-state index contributed by atoms with van der Waals surface area (Å²) in [5, 5.41) is 13.6. The molecule has 5 nitrogen and oxygen atoms in total. The zero-order valence-electron chi connectivity index (χ0n) is 12.7. The first kappa shape index (κ1) is 15.8. The molecule has 0 spiro atoms. The van der Waals surface area contributed by atoms with Crippen LogP contribution in [0.2, 0.25) is 5.02 Å². The Balaban J connectivity index is 1.84. The van der Waals surface area contributed by atoms with Gasteiger partial charge in [-0.25, -0.2) is 0 Å². The minimum Gasteiger partial charge on any atom is -0.497 e. The number of ether oxygens (including phenoxy) is 1. The normalized spacial score (nSPS) is 12.1. The summed E-state index contributed by atoms with van der Waals surface area (Å²) in [4.78, 5) is 0. The van der Waals surface area contributed by atoms with Crippen molar-refractivity contribution in [2.45, 2.75) is 17.3 Å². The van der Waals surface area contributed by atoms with Crippen LogP contribution in [-0.4, -0.2) is 27.3 Å². The molecule has 0 radical (unpaired) electrons. The molecule has 0 N–H and O–H groups in total. The van der Waals surface area contributed by atoms with E-state index in [9.17, 15) is 0 Å². The van der Waals surface area contributed by atoms with Crippen LogP contribution < -0.4 is 4.74 Å². The molecule has 1 aromatic heterocycles. The van der Waals surface area contributed by atoms with E-state index in [0.29, 0.717) is 5.16 Å². The van der Waals surface area contributed by atoms with E-state index in [4.69, 9.17) is 16.3 Å². The fraction of sp³-hybridized carbons (Fsp3) is 0.188. The lowest BCUT2D eigenvalue weighted by Gasteiger charge is -2.12. The lowest BCUT2D eigenvalue weighted by Crippen LogP contribution is -2.00. The fourth-order valence-electron chi connectivity index (χ4n) is 2.16. The highest BCUT2D eigenvalue weighted by Crippen LogP contribution is 2.37. The van der Waals surface area contributed by atoms with Crippen LogP contribution >= 0.6 is 23.4 Å². The van der Waals surface area contributed by atoms with Crippen molar-refractivity contribution in [3.63, 3.8) is 0 Å². The highest BCUT2D eigenvalue weighted by Gasteiger charge is 2.16. The molecule has 2 aromatic carbocycles. The van der Waals surface area contributed by atoms with Crippen LogP contribution in [0.3, 0.4) is 0 Å². The number of methoxy groups -OCH3 is 1. The molecule has 0 amide bonds. The highest BCUT2D eigenvalue weighted by atomic mass is 35.5. The van der Waals surface area contributed by atoms with Crippen molar-refractivity contribution in [3.05, 3.63) is 59.1 Å². The van der Waals surface area contributed by atoms with Gasteiger partial charge >= 0.3 is 0 Å². The van der Waals surface area contributed by atoms with Gasteiger partial charge in [-0.1, -0.05) is 41.6 Å². The van der Waals surface area contributed by atoms with Crippen LogP contribution in [0.1, 0.15) is 17.7 Å². The van der Waals surface area contributed by atoms with Gasteiger partial charge in [-0.3, -0.25) is 0 Å². The van der Waals surface area contributed by atoms with Crippen molar-refractivity contribution < 1.29 is 4.74 Å². The van der Waals surface area contributed by atoms with E-state index >= 15 is 0 Å². The van der Waals surface area contributed by atoms with Gasteiger partial charge in [0.05, 0.1) is 12.8 Å². The van der Waals surface area contributed by atoms with E-state index in [2.05, 4.69) is 22.4 Å². The molecule has 0 saturated heterocycles. The molecular formula is C16H15ClN4OS. The fourth-order valence-corrected chi connectivity index (χ4v) is 3.50. The Labute approximate surface area is 143 Å². The second kappa shape index (κ2) is 7.02. The molecule has 3 aromatic rings. The smallest absolute Gasteiger partial charge is 0.214 e. The zero-order chi connectivity index (χ0) is 16.2. The second-order valence-electron chi connectivity index (χ2n) is 4.85. The van der Waals surface area contributed by atoms with Gasteiger partial charge in [0, 0.05) is 10.3 Å². The summed E-state index contributed by atoms with van der Waals surface area (Å²) in [6.07, 6.45) is 0. The predicted molar refractivity (Wildman–Crippen MR) is 91.4 cm³/mol. The monoisotopic (exact) mass is 346 g/mol. The summed E-state index contributed by atoms with van der Waals surface area (Å²) in [5.41, 5.74) is 1.94. The van der Waals surface area contributed by atoms with E-state index < -0.39 is 0 Å². The molecule has 0 bridgehead atoms. The Bertz CT molecular complexity index is 791. The number of rotatable bonds is 5. The number of aromatic nitrogens is 4. The molecule has 0 fully saturated rings. The van der Waals surface area contributed by atoms with E-state index in [-0.39, 0.29) is 5.25 Å². The third kappa shape index (κ3) is 3.48. The molecular weight excluding hydrogens is 332 g/mol. The number of hydrogen-bond acceptors (Lipinski definition) is 5. The second-order valence-corrected chi connectivity index (χ2v) is 6.57. The quantitative estimate of drug-likeness (QED) is 0.649. The van der Waals surface area contributed by atoms with Crippen molar-refractivity contribution >= 4 is 23.4 Å². The van der Waals surface area contributed by atoms with Gasteiger partial charge in [-0.05, 0) is 53.2 Å². The molecule has 1 heterocycles. The lowest BCUT2D eigenvalue weighted by molar-refractivity contribution is 0.414. The molecule has 1 atom stereocenters. The first-order valence-electron chi connectivity index (χ1n) is 7.03. The summed E-state index contributed by atoms with van der Waals surface area (Å²) >= 11 is 7.82. The van der Waals surface area contributed by atoms with E-state index in [1.165, 1.54) is 0 Å². The molecule has 118 valence electrons. The van der Waals surface area contributed by atoms with E-state index in [1.807, 2.05) is 48.5 Å². The van der Waals surface area contributed by atoms with Gasteiger partial charge in [-0.2, -0.15) is 4.68 Å². The Kier molecular flexibility index (Phi) is 4.83. The summed E-state index contributed by atoms with van der Waals surface area (Å²) in [6.45, 7) is 2.08. The number of thioether (sulfide) groups is 1. The molecule has 23 heavy (non-hydrogen) atoms. The van der Waals surface area contributed by atoms with Crippen molar-refractivity contribution in [1.29, 1.82) is 0 Å². The van der Waals surface area contributed by atoms with Gasteiger partial charge in [0.25, 0.3) is 0 Å². The molecule has 0 saturated carbocycles. The maximum atomic E-state index is 6.26. The van der Waals surface area contributed by atoms with Crippen LogP contribution in [0.4, 0.5) is 0 Å². The molecule has 7 heteroatoms. The van der Waals surface area contributed by atoms with E-state index in [1.54, 1.807) is 23.6 Å². The van der Waals surface area contributed by atoms with Crippen LogP contribution in [0.15, 0.2) is 53.7 Å². The van der Waals surface area contributed by atoms with Gasteiger partial charge < -0.3 is 4.74 Å². The first-order chi connectivity index (χ1) is 11.2. The van der Waals surface area contributed by atoms with Gasteiger partial charge in [-0.15, -0.1) is 5.10 Å². The van der Waals surface area contributed by atoms with Crippen LogP contribution in [0.5, 0.6) is 5.75 Å². The Morgan fingerprint density at radius 1 is 1.13 bits per heavy atom. The topological polar surface area (TPSA) is 52.8 Å². The lowest BCUT2D eigenvalue weighted by atomic mass is 10.2. The van der Waals surface area contributed by atoms with Gasteiger partial charge in [0.2, 0.25) is 5.16 Å². The molecule has 3 rings (SSSR count). The van der Waals surface area contributed by atoms with Crippen molar-refractivity contribution in [2.24, 2.45) is 0 Å². The number of halogens is 1. The molecule has 0 aliphatic carbocycles. The summed E-state index contributed by atoms with van der Waals surface area (Å²) in [6, 6.07) is 15.4. The number of tetrazole rings is 1. The molecule has 1 unspecified atom stereocenters. The van der Waals surface area contributed by atoms with Crippen LogP contribution in [-0.2, 0) is 0 Å². The summed E-state index contributed by atoms with van der Waals surface area (Å²) in [7, 11) is 1.64. The average molecular weight is 347 g/mol. The van der Waals surface area contributed by atoms with E-state index in [0.717, 1.165) is 22.0 Å². The SMILES string of the molecule is COc1ccc(-n2nnnc2SC(C)c2ccccc2Cl)cc1. The van der Waals surface area contributed by atoms with Crippen LogP contribution in [0.25, 0.3) is 5.69 Å². The highest BCUT2D eigenvalue weighted by molar-refractivity contribution is 7.99. The Hall–Kier alpha value is -2.05. The minimum absolute atomic E-state index is 0.131. The number of hydrogen-bond donors (Lipinski definition) is 0. The van der Waals surface area contributed by atoms with Gasteiger partial charge in [0.15, 0.2) is 0 Å².